The molecule has 5 heterocycles. The lowest BCUT2D eigenvalue weighted by Crippen LogP contribution is -2.42. The van der Waals surface area contributed by atoms with Crippen LogP contribution in [0.3, 0.4) is 0 Å². The normalized spacial score (nSPS) is 16.6. The molecule has 2 aromatic heterocycles. The second-order valence-corrected chi connectivity index (χ2v) is 13.1. The zero-order chi connectivity index (χ0) is 32.4. The van der Waals surface area contributed by atoms with Crippen LogP contribution in [0.15, 0.2) is 36.7 Å². The summed E-state index contributed by atoms with van der Waals surface area (Å²) in [5.41, 5.74) is 5.37. The maximum atomic E-state index is 13.0. The Bertz CT molecular complexity index is 1620. The van der Waals surface area contributed by atoms with E-state index in [0.717, 1.165) is 53.3 Å². The molecule has 0 radical (unpaired) electrons. The summed E-state index contributed by atoms with van der Waals surface area (Å²) in [5, 5.41) is 6.84. The Labute approximate surface area is 274 Å². The standard InChI is InChI=1S/C33H40ClN7O5/c1-21-15-24(5-6-25(21)38-28(42)20-39-9-12-44-13-10-39)37-27-16-23-19-40(8-7-22(23)17-35-27)26-18-36-31-30(29(26)34)41(11-14-45-31)32(43)46-33(2,3)4/h5-6,15-18H,7-14,19-20H2,1-4H3,(H,35,37)(H,38,42). The number of pyridine rings is 2. The SMILES string of the molecule is Cc1cc(Nc2cc3c(cn2)CCN(c2cnc4c(c2Cl)N(C(=O)OC(C)(C)C)CCO4)C3)ccc1NC(=O)CN1CCOCC1. The van der Waals surface area contributed by atoms with Gasteiger partial charge in [-0.25, -0.2) is 14.8 Å². The number of nitrogens with zero attached hydrogens (tertiary/aromatic N) is 5. The molecule has 3 aliphatic rings. The van der Waals surface area contributed by atoms with Gasteiger partial charge < -0.3 is 29.7 Å². The van der Waals surface area contributed by atoms with Crippen LogP contribution < -0.4 is 25.2 Å². The molecule has 1 fully saturated rings. The van der Waals surface area contributed by atoms with E-state index in [2.05, 4.69) is 30.4 Å². The van der Waals surface area contributed by atoms with Crippen molar-refractivity contribution in [2.75, 3.05) is 73.0 Å². The third-order valence-electron chi connectivity index (χ3n) is 8.06. The van der Waals surface area contributed by atoms with Crippen LogP contribution in [0.5, 0.6) is 5.88 Å². The molecule has 1 saturated heterocycles. The molecule has 46 heavy (non-hydrogen) atoms. The van der Waals surface area contributed by atoms with Crippen molar-refractivity contribution in [2.45, 2.75) is 46.3 Å². The van der Waals surface area contributed by atoms with E-state index in [1.807, 2.05) is 58.2 Å². The number of nitrogens with one attached hydrogen (secondary N) is 2. The maximum Gasteiger partial charge on any atom is 0.415 e. The molecular weight excluding hydrogens is 610 g/mol. The first-order chi connectivity index (χ1) is 22.0. The Morgan fingerprint density at radius 2 is 1.83 bits per heavy atom. The fourth-order valence-corrected chi connectivity index (χ4v) is 6.10. The molecule has 244 valence electrons. The van der Waals surface area contributed by atoms with E-state index in [1.54, 1.807) is 6.20 Å². The van der Waals surface area contributed by atoms with Gasteiger partial charge in [-0.1, -0.05) is 11.6 Å². The largest absolute Gasteiger partial charge is 0.474 e. The number of morpholine rings is 1. The smallest absolute Gasteiger partial charge is 0.415 e. The van der Waals surface area contributed by atoms with Gasteiger partial charge in [-0.2, -0.15) is 0 Å². The Kier molecular flexibility index (Phi) is 9.21. The van der Waals surface area contributed by atoms with Crippen LogP contribution in [-0.4, -0.2) is 85.0 Å². The number of aryl methyl sites for hydroxylation is 1. The van der Waals surface area contributed by atoms with Crippen molar-refractivity contribution in [1.29, 1.82) is 0 Å². The van der Waals surface area contributed by atoms with Crippen molar-refractivity contribution >= 4 is 52.2 Å². The number of rotatable bonds is 6. The highest BCUT2D eigenvalue weighted by Crippen LogP contribution is 2.43. The highest BCUT2D eigenvalue weighted by atomic mass is 35.5. The van der Waals surface area contributed by atoms with Gasteiger partial charge in [0.2, 0.25) is 11.8 Å². The zero-order valence-corrected chi connectivity index (χ0v) is 27.4. The van der Waals surface area contributed by atoms with E-state index < -0.39 is 11.7 Å². The maximum absolute atomic E-state index is 13.0. The van der Waals surface area contributed by atoms with Gasteiger partial charge in [0.25, 0.3) is 0 Å². The minimum Gasteiger partial charge on any atom is -0.474 e. The molecule has 0 bridgehead atoms. The van der Waals surface area contributed by atoms with Crippen molar-refractivity contribution in [3.05, 3.63) is 58.4 Å². The summed E-state index contributed by atoms with van der Waals surface area (Å²) in [6.45, 7) is 12.6. The van der Waals surface area contributed by atoms with Gasteiger partial charge in [0.1, 0.15) is 23.7 Å². The van der Waals surface area contributed by atoms with Crippen LogP contribution in [-0.2, 0) is 27.2 Å². The summed E-state index contributed by atoms with van der Waals surface area (Å²) < 4.78 is 16.7. The Morgan fingerprint density at radius 1 is 1.02 bits per heavy atom. The minimum absolute atomic E-state index is 0.0362. The molecule has 0 atom stereocenters. The third kappa shape index (κ3) is 7.30. The molecular formula is C33H40ClN7O5. The fraction of sp³-hybridized carbons (Fsp3) is 0.455. The summed E-state index contributed by atoms with van der Waals surface area (Å²) in [4.78, 5) is 40.6. The summed E-state index contributed by atoms with van der Waals surface area (Å²) in [6, 6.07) is 7.88. The van der Waals surface area contributed by atoms with E-state index in [0.29, 0.717) is 68.4 Å². The van der Waals surface area contributed by atoms with Gasteiger partial charge in [-0.3, -0.25) is 14.6 Å². The average Bonchev–Trinajstić information content (AvgIpc) is 3.01. The number of hydrogen-bond acceptors (Lipinski definition) is 10. The molecule has 2 amide bonds. The fourth-order valence-electron chi connectivity index (χ4n) is 5.75. The van der Waals surface area contributed by atoms with E-state index in [-0.39, 0.29) is 5.91 Å². The second kappa shape index (κ2) is 13.3. The van der Waals surface area contributed by atoms with Crippen LogP contribution in [0, 0.1) is 6.92 Å². The Morgan fingerprint density at radius 3 is 2.59 bits per heavy atom. The first-order valence-corrected chi connectivity index (χ1v) is 15.9. The van der Waals surface area contributed by atoms with E-state index in [1.165, 1.54) is 4.90 Å². The molecule has 12 nitrogen and oxygen atoms in total. The quantitative estimate of drug-likeness (QED) is 0.371. The van der Waals surface area contributed by atoms with E-state index >= 15 is 0 Å². The molecule has 3 aliphatic heterocycles. The van der Waals surface area contributed by atoms with Crippen LogP contribution in [0.1, 0.15) is 37.5 Å². The van der Waals surface area contributed by atoms with Crippen LogP contribution >= 0.6 is 11.6 Å². The van der Waals surface area contributed by atoms with Crippen LogP contribution in [0.4, 0.5) is 33.4 Å². The lowest BCUT2D eigenvalue weighted by atomic mass is 10.0. The van der Waals surface area contributed by atoms with Gasteiger partial charge in [0.05, 0.1) is 43.2 Å². The molecule has 0 spiro atoms. The van der Waals surface area contributed by atoms with Crippen LogP contribution in [0.2, 0.25) is 5.02 Å². The number of fused-ring (bicyclic) bond motifs is 2. The molecule has 1 aromatic carbocycles. The Hall–Kier alpha value is -4.13. The Balaban J connectivity index is 1.14. The lowest BCUT2D eigenvalue weighted by molar-refractivity contribution is -0.118. The van der Waals surface area contributed by atoms with Crippen LogP contribution in [0.25, 0.3) is 0 Å². The number of anilines is 5. The topological polar surface area (TPSA) is 121 Å². The van der Waals surface area contributed by atoms with Crippen molar-refractivity contribution in [3.8, 4) is 5.88 Å². The van der Waals surface area contributed by atoms with Crippen molar-refractivity contribution in [2.24, 2.45) is 0 Å². The van der Waals surface area contributed by atoms with E-state index in [9.17, 15) is 9.59 Å². The predicted octanol–water partition coefficient (Wildman–Crippen LogP) is 5.15. The predicted molar refractivity (Wildman–Crippen MR) is 178 cm³/mol. The third-order valence-corrected chi connectivity index (χ3v) is 8.43. The highest BCUT2D eigenvalue weighted by Gasteiger charge is 2.33. The minimum atomic E-state index is -0.650. The number of halogens is 1. The highest BCUT2D eigenvalue weighted by molar-refractivity contribution is 6.36. The first kappa shape index (κ1) is 31.8. The average molecular weight is 650 g/mol. The van der Waals surface area contributed by atoms with Gasteiger partial charge in [0, 0.05) is 43.8 Å². The van der Waals surface area contributed by atoms with Crippen molar-refractivity contribution in [1.82, 2.24) is 14.9 Å². The number of ether oxygens (including phenoxy) is 3. The molecule has 3 aromatic rings. The van der Waals surface area contributed by atoms with Crippen molar-refractivity contribution < 1.29 is 23.8 Å². The van der Waals surface area contributed by atoms with E-state index in [4.69, 9.17) is 25.8 Å². The molecule has 13 heteroatoms. The number of benzene rings is 1. The zero-order valence-electron chi connectivity index (χ0n) is 26.7. The van der Waals surface area contributed by atoms with Gasteiger partial charge >= 0.3 is 6.09 Å². The number of amides is 2. The molecule has 6 rings (SSSR count). The lowest BCUT2D eigenvalue weighted by Gasteiger charge is -2.35. The number of hydrogen-bond donors (Lipinski definition) is 2. The summed E-state index contributed by atoms with van der Waals surface area (Å²) in [7, 11) is 0. The van der Waals surface area contributed by atoms with Gasteiger partial charge in [-0.05, 0) is 75.1 Å². The van der Waals surface area contributed by atoms with Crippen molar-refractivity contribution in [3.63, 3.8) is 0 Å². The summed E-state index contributed by atoms with van der Waals surface area (Å²) in [5.74, 6) is 0.992. The number of carbonyl (C=O) groups excluding carboxylic acids is 2. The number of aromatic nitrogens is 2. The molecule has 0 unspecified atom stereocenters. The monoisotopic (exact) mass is 649 g/mol. The second-order valence-electron chi connectivity index (χ2n) is 12.7. The summed E-state index contributed by atoms with van der Waals surface area (Å²) in [6.07, 6.45) is 3.91. The first-order valence-electron chi connectivity index (χ1n) is 15.6. The summed E-state index contributed by atoms with van der Waals surface area (Å²) >= 11 is 6.97. The molecule has 2 N–H and O–H groups in total. The molecule has 0 aliphatic carbocycles. The van der Waals surface area contributed by atoms with Gasteiger partial charge in [0.15, 0.2) is 0 Å². The van der Waals surface area contributed by atoms with Gasteiger partial charge in [-0.15, -0.1) is 0 Å². The molecule has 0 saturated carbocycles. The number of carbonyl (C=O) groups is 2.